The highest BCUT2D eigenvalue weighted by Gasteiger charge is 2.40. The van der Waals surface area contributed by atoms with Gasteiger partial charge in [0.2, 0.25) is 5.84 Å². The van der Waals surface area contributed by atoms with Gasteiger partial charge in [0, 0.05) is 13.1 Å². The first-order valence-corrected chi connectivity index (χ1v) is 9.10. The highest BCUT2D eigenvalue weighted by Crippen LogP contribution is 2.27. The first-order chi connectivity index (χ1) is 11.7. The highest BCUT2D eigenvalue weighted by molar-refractivity contribution is 9.10. The molecule has 0 spiro atoms. The van der Waals surface area contributed by atoms with Crippen LogP contribution in [0, 0.1) is 5.82 Å². The van der Waals surface area contributed by atoms with E-state index >= 15 is 0 Å². The molecule has 0 saturated carbocycles. The van der Waals surface area contributed by atoms with Crippen molar-refractivity contribution in [3.05, 3.63) is 28.5 Å². The van der Waals surface area contributed by atoms with Crippen LogP contribution in [0.1, 0.15) is 0 Å². The number of nitrogens with one attached hydrogen (secondary N) is 2. The molecular formula is C11H16BrFN6O5S. The monoisotopic (exact) mass is 442 g/mol. The summed E-state index contributed by atoms with van der Waals surface area (Å²) in [7, 11) is -2.53. The summed E-state index contributed by atoms with van der Waals surface area (Å²) >= 11 is 3.06. The molecule has 1 heterocycles. The summed E-state index contributed by atoms with van der Waals surface area (Å²) in [6.45, 7) is 0.0523. The number of hydrogen-bond acceptors (Lipinski definition) is 8. The van der Waals surface area contributed by atoms with Crippen molar-refractivity contribution in [2.45, 2.75) is 6.17 Å². The van der Waals surface area contributed by atoms with Crippen LogP contribution in [-0.2, 0) is 20.0 Å². The molecule has 1 fully saturated rings. The molecule has 140 valence electrons. The lowest BCUT2D eigenvalue weighted by Gasteiger charge is -2.16. The van der Waals surface area contributed by atoms with Gasteiger partial charge < -0.3 is 4.84 Å². The van der Waals surface area contributed by atoms with Gasteiger partial charge in [0.05, 0.1) is 10.2 Å². The molecule has 2 rings (SSSR count). The van der Waals surface area contributed by atoms with Gasteiger partial charge in [0.1, 0.15) is 12.9 Å². The lowest BCUT2D eigenvalue weighted by molar-refractivity contribution is -0.336. The molecule has 0 radical (unpaired) electrons. The molecule has 0 aromatic heterocycles. The van der Waals surface area contributed by atoms with Crippen molar-refractivity contribution in [2.24, 2.45) is 10.3 Å². The third-order valence-corrected chi connectivity index (χ3v) is 4.14. The van der Waals surface area contributed by atoms with Crippen LogP contribution in [0.15, 0.2) is 27.8 Å². The van der Waals surface area contributed by atoms with Gasteiger partial charge in [-0.3, -0.25) is 10.5 Å². The van der Waals surface area contributed by atoms with Gasteiger partial charge in [-0.15, -0.1) is 4.94 Å². The molecule has 1 atom stereocenters. The zero-order valence-corrected chi connectivity index (χ0v) is 15.3. The largest absolute Gasteiger partial charge is 0.398 e. The van der Waals surface area contributed by atoms with Crippen molar-refractivity contribution in [1.82, 2.24) is 15.3 Å². The number of nitrogens with zero attached hydrogens (tertiary/aromatic N) is 3. The fourth-order valence-corrected chi connectivity index (χ4v) is 2.68. The number of oxime groups is 1. The number of nitrogens with two attached hydrogens (primary N) is 1. The first-order valence-electron chi connectivity index (χ1n) is 6.76. The summed E-state index contributed by atoms with van der Waals surface area (Å²) in [4.78, 5) is 9.90. The molecule has 0 aliphatic carbocycles. The molecule has 25 heavy (non-hydrogen) atoms. The Labute approximate surface area is 151 Å². The molecule has 11 nitrogen and oxygen atoms in total. The molecular weight excluding hydrogens is 427 g/mol. The van der Waals surface area contributed by atoms with E-state index in [4.69, 9.17) is 14.9 Å². The molecule has 14 heteroatoms. The average molecular weight is 443 g/mol. The topological polar surface area (TPSA) is 142 Å². The van der Waals surface area contributed by atoms with Crippen molar-refractivity contribution < 1.29 is 27.8 Å². The summed E-state index contributed by atoms with van der Waals surface area (Å²) in [5.74, 6) is -0.378. The lowest BCUT2D eigenvalue weighted by atomic mass is 10.3. The maximum atomic E-state index is 13.4. The fraction of sp³-hybridized carbons (Fsp3) is 0.364. The second kappa shape index (κ2) is 8.33. The molecule has 0 bridgehead atoms. The Morgan fingerprint density at radius 1 is 1.52 bits per heavy atom. The molecule has 1 saturated heterocycles. The number of hydroxylamine groups is 3. The van der Waals surface area contributed by atoms with Crippen LogP contribution in [0.4, 0.5) is 10.1 Å². The number of hydrogen-bond donors (Lipinski definition) is 4. The maximum absolute atomic E-state index is 13.4. The molecule has 1 aliphatic rings. The predicted molar refractivity (Wildman–Crippen MR) is 88.6 cm³/mol. The third kappa shape index (κ3) is 5.29. The molecule has 1 aromatic carbocycles. The van der Waals surface area contributed by atoms with Crippen LogP contribution in [0.3, 0.4) is 0 Å². The summed E-state index contributed by atoms with van der Waals surface area (Å²) in [6.07, 6.45) is -0.981. The minimum atomic E-state index is -3.82. The highest BCUT2D eigenvalue weighted by atomic mass is 79.9. The Hall–Kier alpha value is -1.39. The van der Waals surface area contributed by atoms with Crippen molar-refractivity contribution >= 4 is 37.7 Å². The molecule has 1 aromatic rings. The number of halogens is 2. The van der Waals surface area contributed by atoms with Gasteiger partial charge in [-0.2, -0.15) is 13.5 Å². The van der Waals surface area contributed by atoms with E-state index in [0.29, 0.717) is 10.9 Å². The van der Waals surface area contributed by atoms with E-state index in [9.17, 15) is 18.0 Å². The van der Waals surface area contributed by atoms with Gasteiger partial charge in [-0.25, -0.2) is 14.3 Å². The zero-order valence-electron chi connectivity index (χ0n) is 12.9. The standard InChI is InChI=1S/C11H16BrFN6O5S/c1-23-17-11-10(15-4-5-16-25(14,21)22)19(20)24-18(11)7-2-3-9(13)8(12)6-7/h2-3,6,10,15-16,20H,4-5H2,1H3,(H2,14,21,22)/b17-11-. The normalized spacial score (nSPS) is 20.4. The van der Waals surface area contributed by atoms with E-state index in [1.807, 2.05) is 0 Å². The summed E-state index contributed by atoms with van der Waals surface area (Å²) < 4.78 is 37.3. The van der Waals surface area contributed by atoms with Crippen LogP contribution in [0.2, 0.25) is 0 Å². The van der Waals surface area contributed by atoms with Crippen molar-refractivity contribution in [1.29, 1.82) is 0 Å². The van der Waals surface area contributed by atoms with Gasteiger partial charge >= 0.3 is 0 Å². The van der Waals surface area contributed by atoms with Gasteiger partial charge in [-0.1, -0.05) is 5.16 Å². The smallest absolute Gasteiger partial charge is 0.274 e. The second-order valence-electron chi connectivity index (χ2n) is 4.71. The summed E-state index contributed by atoms with van der Waals surface area (Å²) in [6, 6.07) is 4.02. The maximum Gasteiger partial charge on any atom is 0.274 e. The fourth-order valence-electron chi connectivity index (χ4n) is 1.93. The minimum Gasteiger partial charge on any atom is -0.398 e. The Morgan fingerprint density at radius 3 is 2.84 bits per heavy atom. The van der Waals surface area contributed by atoms with E-state index in [0.717, 1.165) is 5.06 Å². The van der Waals surface area contributed by atoms with Crippen molar-refractivity contribution in [3.8, 4) is 0 Å². The predicted octanol–water partition coefficient (Wildman–Crippen LogP) is -0.385. The molecule has 5 N–H and O–H groups in total. The molecule has 0 amide bonds. The number of amidine groups is 1. The summed E-state index contributed by atoms with van der Waals surface area (Å²) in [5.41, 5.74) is 0.357. The Balaban J connectivity index is 2.13. The van der Waals surface area contributed by atoms with E-state index in [1.54, 1.807) is 0 Å². The number of anilines is 1. The Morgan fingerprint density at radius 2 is 2.24 bits per heavy atom. The van der Waals surface area contributed by atoms with E-state index in [2.05, 4.69) is 31.1 Å². The lowest BCUT2D eigenvalue weighted by Crippen LogP contribution is -2.47. The van der Waals surface area contributed by atoms with E-state index in [1.165, 1.54) is 25.3 Å². The van der Waals surface area contributed by atoms with Crippen molar-refractivity contribution in [3.63, 3.8) is 0 Å². The quantitative estimate of drug-likeness (QED) is 0.330. The van der Waals surface area contributed by atoms with Crippen LogP contribution < -0.4 is 20.2 Å². The van der Waals surface area contributed by atoms with Gasteiger partial charge in [0.15, 0.2) is 6.17 Å². The Bertz CT molecular complexity index is 750. The van der Waals surface area contributed by atoms with Crippen LogP contribution in [0.25, 0.3) is 0 Å². The van der Waals surface area contributed by atoms with E-state index in [-0.39, 0.29) is 23.4 Å². The SMILES string of the molecule is CO/N=C1/C(NCCNS(N)(=O)=O)N(O)ON1c1ccc(F)c(Br)c1. The third-order valence-electron chi connectivity index (χ3n) is 2.93. The molecule has 1 aliphatic heterocycles. The van der Waals surface area contributed by atoms with Gasteiger partial charge in [0.25, 0.3) is 10.2 Å². The second-order valence-corrected chi connectivity index (χ2v) is 6.94. The van der Waals surface area contributed by atoms with Crippen molar-refractivity contribution in [2.75, 3.05) is 25.3 Å². The van der Waals surface area contributed by atoms with Crippen LogP contribution >= 0.6 is 15.9 Å². The van der Waals surface area contributed by atoms with Gasteiger partial charge in [-0.05, 0) is 39.4 Å². The van der Waals surface area contributed by atoms with Crippen LogP contribution in [-0.4, -0.2) is 51.1 Å². The average Bonchev–Trinajstić information content (AvgIpc) is 2.82. The minimum absolute atomic E-state index is 0.0362. The first kappa shape index (κ1) is 19.9. The Kier molecular flexibility index (Phi) is 6.64. The molecule has 1 unspecified atom stereocenters. The summed E-state index contributed by atoms with van der Waals surface area (Å²) in [5, 5.41) is 22.9. The van der Waals surface area contributed by atoms with Crippen LogP contribution in [0.5, 0.6) is 0 Å². The number of rotatable bonds is 7. The van der Waals surface area contributed by atoms with E-state index < -0.39 is 22.2 Å². The zero-order chi connectivity index (χ0) is 18.6. The number of benzene rings is 1.